The van der Waals surface area contributed by atoms with Crippen molar-refractivity contribution in [1.82, 2.24) is 4.90 Å². The molecule has 4 nitrogen and oxygen atoms in total. The van der Waals surface area contributed by atoms with Crippen molar-refractivity contribution in [2.75, 3.05) is 34.4 Å². The average molecular weight is 426 g/mol. The molecule has 2 aromatic carbocycles. The lowest BCUT2D eigenvalue weighted by atomic mass is 9.86. The summed E-state index contributed by atoms with van der Waals surface area (Å²) in [5.41, 5.74) is 6.20. The second-order valence-electron chi connectivity index (χ2n) is 8.84. The molecule has 31 heavy (non-hydrogen) atoms. The van der Waals surface area contributed by atoms with Gasteiger partial charge in [-0.25, -0.2) is 0 Å². The van der Waals surface area contributed by atoms with Crippen molar-refractivity contribution in [2.24, 2.45) is 0 Å². The maximum Gasteiger partial charge on any atom is 0.127 e. The lowest BCUT2D eigenvalue weighted by Gasteiger charge is -2.23. The summed E-state index contributed by atoms with van der Waals surface area (Å²) in [6.45, 7) is 10.6. The molecule has 0 fully saturated rings. The van der Waals surface area contributed by atoms with Gasteiger partial charge in [-0.1, -0.05) is 32.0 Å². The van der Waals surface area contributed by atoms with Crippen LogP contribution < -0.4 is 9.47 Å². The number of nitrogens with zero attached hydrogens (tertiary/aromatic N) is 1. The van der Waals surface area contributed by atoms with Crippen molar-refractivity contribution in [3.8, 4) is 11.5 Å². The third kappa shape index (κ3) is 6.83. The zero-order valence-corrected chi connectivity index (χ0v) is 20.3. The van der Waals surface area contributed by atoms with Crippen LogP contribution >= 0.6 is 0 Å². The van der Waals surface area contributed by atoms with Crippen molar-refractivity contribution >= 4 is 6.29 Å². The maximum absolute atomic E-state index is 12.0. The summed E-state index contributed by atoms with van der Waals surface area (Å²) in [7, 11) is 5.48. The van der Waals surface area contributed by atoms with Crippen molar-refractivity contribution < 1.29 is 14.3 Å². The predicted octanol–water partition coefficient (Wildman–Crippen LogP) is 5.68. The standard InChI is InChI=1S/C27H39NO3/c1-19(2)27-25(16-24(30-6)17-26(27)31-7)23(18-29)9-8-13-28(5)14-12-22-11-10-20(3)21(4)15-22/h10-11,15-19,23H,8-9,12-14H2,1-7H3. The molecule has 0 aliphatic heterocycles. The monoisotopic (exact) mass is 425 g/mol. The van der Waals surface area contributed by atoms with Crippen LogP contribution in [0.1, 0.15) is 66.3 Å². The normalized spacial score (nSPS) is 12.3. The number of carbonyl (C=O) groups excluding carboxylic acids is 1. The Morgan fingerprint density at radius 3 is 2.32 bits per heavy atom. The summed E-state index contributed by atoms with van der Waals surface area (Å²) >= 11 is 0. The molecule has 0 saturated heterocycles. The molecule has 0 saturated carbocycles. The van der Waals surface area contributed by atoms with Gasteiger partial charge >= 0.3 is 0 Å². The van der Waals surface area contributed by atoms with Crippen LogP contribution in [-0.4, -0.2) is 45.5 Å². The number of benzene rings is 2. The lowest BCUT2D eigenvalue weighted by molar-refractivity contribution is -0.109. The van der Waals surface area contributed by atoms with E-state index in [-0.39, 0.29) is 11.8 Å². The number of aldehydes is 1. The smallest absolute Gasteiger partial charge is 0.127 e. The number of hydrogen-bond donors (Lipinski definition) is 0. The Morgan fingerprint density at radius 2 is 1.74 bits per heavy atom. The third-order valence-electron chi connectivity index (χ3n) is 6.15. The van der Waals surface area contributed by atoms with Crippen LogP contribution in [0.15, 0.2) is 30.3 Å². The first kappa shape index (κ1) is 24.9. The van der Waals surface area contributed by atoms with Gasteiger partial charge in [0, 0.05) is 24.1 Å². The van der Waals surface area contributed by atoms with E-state index in [1.165, 1.54) is 16.7 Å². The Bertz CT molecular complexity index is 860. The molecule has 1 atom stereocenters. The molecule has 1 unspecified atom stereocenters. The molecular formula is C27H39NO3. The Balaban J connectivity index is 2.00. The summed E-state index contributed by atoms with van der Waals surface area (Å²) < 4.78 is 11.1. The Hall–Kier alpha value is -2.33. The number of carbonyl (C=O) groups is 1. The van der Waals surface area contributed by atoms with Crippen LogP contribution in [-0.2, 0) is 11.2 Å². The van der Waals surface area contributed by atoms with E-state index in [0.29, 0.717) is 0 Å². The van der Waals surface area contributed by atoms with E-state index < -0.39 is 0 Å². The van der Waals surface area contributed by atoms with Crippen LogP contribution in [0.5, 0.6) is 11.5 Å². The highest BCUT2D eigenvalue weighted by atomic mass is 16.5. The summed E-state index contributed by atoms with van der Waals surface area (Å²) in [5, 5.41) is 0. The van der Waals surface area contributed by atoms with E-state index in [2.05, 4.69) is 57.8 Å². The highest BCUT2D eigenvalue weighted by Crippen LogP contribution is 2.38. The number of aryl methyl sites for hydroxylation is 2. The Kier molecular flexibility index (Phi) is 9.57. The third-order valence-corrected chi connectivity index (χ3v) is 6.15. The van der Waals surface area contributed by atoms with Gasteiger partial charge in [-0.05, 0) is 80.9 Å². The van der Waals surface area contributed by atoms with Gasteiger partial charge in [-0.2, -0.15) is 0 Å². The molecule has 0 heterocycles. The molecule has 2 rings (SSSR count). The second kappa shape index (κ2) is 11.9. The van der Waals surface area contributed by atoms with Gasteiger partial charge in [0.05, 0.1) is 14.2 Å². The first-order valence-corrected chi connectivity index (χ1v) is 11.3. The minimum Gasteiger partial charge on any atom is -0.497 e. The molecule has 0 amide bonds. The topological polar surface area (TPSA) is 38.8 Å². The largest absolute Gasteiger partial charge is 0.497 e. The summed E-state index contributed by atoms with van der Waals surface area (Å²) in [4.78, 5) is 14.4. The highest BCUT2D eigenvalue weighted by Gasteiger charge is 2.22. The van der Waals surface area contributed by atoms with Gasteiger partial charge in [-0.3, -0.25) is 0 Å². The van der Waals surface area contributed by atoms with Gasteiger partial charge in [0.15, 0.2) is 0 Å². The molecule has 0 aliphatic carbocycles. The van der Waals surface area contributed by atoms with Gasteiger partial charge in [0.2, 0.25) is 0 Å². The maximum atomic E-state index is 12.0. The van der Waals surface area contributed by atoms with Gasteiger partial charge in [-0.15, -0.1) is 0 Å². The second-order valence-corrected chi connectivity index (χ2v) is 8.84. The highest BCUT2D eigenvalue weighted by molar-refractivity contribution is 5.66. The van der Waals surface area contributed by atoms with Crippen molar-refractivity contribution in [3.05, 3.63) is 58.1 Å². The minimum atomic E-state index is -0.158. The van der Waals surface area contributed by atoms with E-state index in [1.807, 2.05) is 12.1 Å². The summed E-state index contributed by atoms with van der Waals surface area (Å²) in [5.74, 6) is 1.63. The number of ether oxygens (including phenoxy) is 2. The fourth-order valence-electron chi connectivity index (χ4n) is 4.10. The van der Waals surface area contributed by atoms with Crippen LogP contribution in [0.3, 0.4) is 0 Å². The predicted molar refractivity (Wildman–Crippen MR) is 129 cm³/mol. The van der Waals surface area contributed by atoms with E-state index in [9.17, 15) is 4.79 Å². The fourth-order valence-corrected chi connectivity index (χ4v) is 4.10. The van der Waals surface area contributed by atoms with Crippen LogP contribution in [0.2, 0.25) is 0 Å². The van der Waals surface area contributed by atoms with E-state index in [1.54, 1.807) is 14.2 Å². The first-order chi connectivity index (χ1) is 14.8. The van der Waals surface area contributed by atoms with Crippen LogP contribution in [0, 0.1) is 13.8 Å². The molecule has 0 N–H and O–H groups in total. The number of methoxy groups -OCH3 is 2. The molecule has 170 valence electrons. The van der Waals surface area contributed by atoms with Gasteiger partial charge < -0.3 is 19.2 Å². The molecule has 0 bridgehead atoms. The van der Waals surface area contributed by atoms with Crippen LogP contribution in [0.25, 0.3) is 0 Å². The fraction of sp³-hybridized carbons (Fsp3) is 0.519. The molecule has 2 aromatic rings. The SMILES string of the molecule is COc1cc(OC)c(C(C)C)c(C(C=O)CCCN(C)CCc2ccc(C)c(C)c2)c1. The summed E-state index contributed by atoms with van der Waals surface area (Å²) in [6.07, 6.45) is 3.89. The Morgan fingerprint density at radius 1 is 1.00 bits per heavy atom. The Labute approximate surface area is 188 Å². The van der Waals surface area contributed by atoms with E-state index >= 15 is 0 Å². The number of rotatable bonds is 12. The van der Waals surface area contributed by atoms with E-state index in [0.717, 1.165) is 61.3 Å². The van der Waals surface area contributed by atoms with Gasteiger partial charge in [0.1, 0.15) is 17.8 Å². The molecular weight excluding hydrogens is 386 g/mol. The quantitative estimate of drug-likeness (QED) is 0.410. The molecule has 0 aliphatic rings. The molecule has 0 radical (unpaired) electrons. The lowest BCUT2D eigenvalue weighted by Crippen LogP contribution is -2.23. The molecule has 4 heteroatoms. The van der Waals surface area contributed by atoms with Crippen LogP contribution in [0.4, 0.5) is 0 Å². The summed E-state index contributed by atoms with van der Waals surface area (Å²) in [6, 6.07) is 10.6. The zero-order chi connectivity index (χ0) is 23.0. The zero-order valence-electron chi connectivity index (χ0n) is 20.3. The van der Waals surface area contributed by atoms with E-state index in [4.69, 9.17) is 9.47 Å². The molecule has 0 spiro atoms. The number of likely N-dealkylation sites (N-methyl/N-ethyl adjacent to an activating group) is 1. The van der Waals surface area contributed by atoms with Crippen molar-refractivity contribution in [2.45, 2.75) is 58.8 Å². The van der Waals surface area contributed by atoms with Crippen molar-refractivity contribution in [1.29, 1.82) is 0 Å². The number of hydrogen-bond acceptors (Lipinski definition) is 4. The molecule has 0 aromatic heterocycles. The first-order valence-electron chi connectivity index (χ1n) is 11.3. The van der Waals surface area contributed by atoms with Crippen molar-refractivity contribution in [3.63, 3.8) is 0 Å². The average Bonchev–Trinajstić information content (AvgIpc) is 2.76. The minimum absolute atomic E-state index is 0.158. The van der Waals surface area contributed by atoms with Gasteiger partial charge in [0.25, 0.3) is 0 Å².